The Morgan fingerprint density at radius 1 is 0.236 bits per heavy atom. The molecule has 0 aliphatic heterocycles. The first-order valence-electron chi connectivity index (χ1n) is 39.7. The van der Waals surface area contributed by atoms with E-state index in [0.29, 0.717) is 0 Å². The van der Waals surface area contributed by atoms with Crippen LogP contribution < -0.4 is 9.80 Å². The first kappa shape index (κ1) is 72.2. The first-order valence-corrected chi connectivity index (χ1v) is 39.7. The largest absolute Gasteiger partial charge is 0.310 e. The van der Waals surface area contributed by atoms with E-state index in [-0.39, 0.29) is 0 Å². The zero-order chi connectivity index (χ0) is 72.9. The van der Waals surface area contributed by atoms with Crippen LogP contribution in [0, 0.1) is 27.7 Å². The molecule has 0 N–H and O–H groups in total. The van der Waals surface area contributed by atoms with Gasteiger partial charge in [0.2, 0.25) is 0 Å². The van der Waals surface area contributed by atoms with E-state index in [4.69, 9.17) is 0 Å². The number of nitrogens with zero attached hydrogens (tertiary/aromatic N) is 2. The van der Waals surface area contributed by atoms with Gasteiger partial charge in [0, 0.05) is 34.1 Å². The zero-order valence-electron chi connectivity index (χ0n) is 63.9. The van der Waals surface area contributed by atoms with E-state index in [0.717, 1.165) is 59.8 Å². The Bertz CT molecular complexity index is 4920. The van der Waals surface area contributed by atoms with Gasteiger partial charge in [0.1, 0.15) is 0 Å². The van der Waals surface area contributed by atoms with Crippen molar-refractivity contribution in [1.29, 1.82) is 0 Å². The molecule has 106 heavy (non-hydrogen) atoms. The van der Waals surface area contributed by atoms with Gasteiger partial charge in [-0.25, -0.2) is 0 Å². The van der Waals surface area contributed by atoms with Crippen LogP contribution in [0.1, 0.15) is 149 Å². The summed E-state index contributed by atoms with van der Waals surface area (Å²) in [4.78, 5) is 4.89. The highest BCUT2D eigenvalue weighted by Gasteiger charge is 2.23. The quantitative estimate of drug-likeness (QED) is 0.0431. The van der Waals surface area contributed by atoms with Crippen LogP contribution in [-0.2, 0) is 25.7 Å². The third kappa shape index (κ3) is 16.2. The Morgan fingerprint density at radius 2 is 0.519 bits per heavy atom. The number of unbranched alkanes of at least 4 members (excludes halogenated alkanes) is 10. The summed E-state index contributed by atoms with van der Waals surface area (Å²) in [6.45, 7) is 18.2. The lowest BCUT2D eigenvalue weighted by molar-refractivity contribution is 0.607. The average Bonchev–Trinajstić information content (AvgIpc) is 0.743. The van der Waals surface area contributed by atoms with E-state index < -0.39 is 0 Å². The Kier molecular flexibility index (Phi) is 23.1. The summed E-state index contributed by atoms with van der Waals surface area (Å²) in [5.74, 6) is 0. The van der Waals surface area contributed by atoms with Crippen molar-refractivity contribution in [2.45, 2.75) is 158 Å². The molecule has 0 fully saturated rings. The Labute approximate surface area is 633 Å². The second-order valence-electron chi connectivity index (χ2n) is 29.7. The summed E-state index contributed by atoms with van der Waals surface area (Å²) in [5, 5.41) is 4.95. The van der Waals surface area contributed by atoms with E-state index in [1.807, 2.05) is 0 Å². The molecule has 14 aromatic carbocycles. The van der Waals surface area contributed by atoms with E-state index in [9.17, 15) is 0 Å². The minimum Gasteiger partial charge on any atom is -0.310 e. The van der Waals surface area contributed by atoms with Crippen LogP contribution in [0.5, 0.6) is 0 Å². The molecule has 0 heterocycles. The van der Waals surface area contributed by atoms with Gasteiger partial charge in [-0.15, -0.1) is 0 Å². The molecule has 2 heteroatoms. The number of rotatable bonds is 29. The van der Waals surface area contributed by atoms with Crippen molar-refractivity contribution < 1.29 is 0 Å². The van der Waals surface area contributed by atoms with Crippen LogP contribution in [0.2, 0.25) is 0 Å². The fraction of sp³-hybridized carbons (Fsp3) is 0.231. The van der Waals surface area contributed by atoms with Crippen LogP contribution in [-0.4, -0.2) is 0 Å². The van der Waals surface area contributed by atoms with Crippen molar-refractivity contribution in [1.82, 2.24) is 0 Å². The normalized spacial score (nSPS) is 11.4. The van der Waals surface area contributed by atoms with Gasteiger partial charge in [0.15, 0.2) is 0 Å². The molecule has 0 bridgehead atoms. The second-order valence-corrected chi connectivity index (χ2v) is 29.7. The minimum absolute atomic E-state index is 0.922. The molecule has 0 aliphatic carbocycles. The molecule has 0 radical (unpaired) electrons. The highest BCUT2D eigenvalue weighted by atomic mass is 15.1. The van der Waals surface area contributed by atoms with Gasteiger partial charge in [-0.3, -0.25) is 0 Å². The van der Waals surface area contributed by atoms with Crippen LogP contribution in [0.3, 0.4) is 0 Å². The fourth-order valence-corrected chi connectivity index (χ4v) is 16.2. The summed E-state index contributed by atoms with van der Waals surface area (Å²) in [6, 6.07) is 111. The Hall–Kier alpha value is -10.8. The van der Waals surface area contributed by atoms with Gasteiger partial charge in [0.05, 0.1) is 0 Å². The lowest BCUT2D eigenvalue weighted by Crippen LogP contribution is -2.10. The van der Waals surface area contributed by atoms with Crippen molar-refractivity contribution in [3.05, 3.63) is 336 Å². The van der Waals surface area contributed by atoms with E-state index >= 15 is 0 Å². The zero-order valence-corrected chi connectivity index (χ0v) is 63.9. The van der Waals surface area contributed by atoms with Gasteiger partial charge in [-0.05, 0) is 284 Å². The maximum atomic E-state index is 2.44. The summed E-state index contributed by atoms with van der Waals surface area (Å²) in [7, 11) is 0. The van der Waals surface area contributed by atoms with Crippen LogP contribution in [0.25, 0.3) is 99.4 Å². The fourth-order valence-electron chi connectivity index (χ4n) is 16.2. The average molecular weight is 1380 g/mol. The standard InChI is InChI=1S/C104H104N2/c1-9-13-15-17-19-21-27-77-37-45-85(46-38-77)97-67-65-95(69-79(97)11-3)105(91-57-49-83(50-58-91)81-41-33-73(5)34-42-81)93-61-53-87(54-62-93)101-71-89-29-23-25-31-99(89)103(75(101)7)104-76(8)102(72-90-30-24-26-32-100(90)104)88-55-63-94(64-56-88)106(92-59-51-84(52-60-92)82-43-35-74(6)36-44-82)96-66-68-98(80(12-4)70-96)86-47-39-78(40-48-86)28-22-20-18-16-14-10-2/h23-26,29-72H,9-22,27-28H2,1-8H3. The lowest BCUT2D eigenvalue weighted by Gasteiger charge is -2.27. The van der Waals surface area contributed by atoms with E-state index in [1.54, 1.807) is 0 Å². The first-order chi connectivity index (χ1) is 52.0. The number of anilines is 6. The van der Waals surface area contributed by atoms with E-state index in [1.165, 1.54) is 221 Å². The molecule has 0 atom stereocenters. The predicted molar refractivity (Wildman–Crippen MR) is 461 cm³/mol. The topological polar surface area (TPSA) is 6.48 Å². The number of hydrogen-bond donors (Lipinski definition) is 0. The molecule has 0 saturated heterocycles. The summed E-state index contributed by atoms with van der Waals surface area (Å²) in [5.41, 5.74) is 34.7. The Morgan fingerprint density at radius 3 is 0.858 bits per heavy atom. The van der Waals surface area contributed by atoms with Gasteiger partial charge in [-0.2, -0.15) is 0 Å². The van der Waals surface area contributed by atoms with Crippen LogP contribution in [0.15, 0.2) is 291 Å². The number of hydrogen-bond acceptors (Lipinski definition) is 2. The monoisotopic (exact) mass is 1380 g/mol. The lowest BCUT2D eigenvalue weighted by atomic mass is 9.82. The van der Waals surface area contributed by atoms with Gasteiger partial charge >= 0.3 is 0 Å². The predicted octanol–water partition coefficient (Wildman–Crippen LogP) is 30.8. The van der Waals surface area contributed by atoms with Crippen molar-refractivity contribution in [2.24, 2.45) is 0 Å². The number of aryl methyl sites for hydroxylation is 6. The highest BCUT2D eigenvalue weighted by Crippen LogP contribution is 2.48. The molecular formula is C104H104N2. The maximum absolute atomic E-state index is 2.44. The van der Waals surface area contributed by atoms with Crippen molar-refractivity contribution >= 4 is 55.7 Å². The summed E-state index contributed by atoms with van der Waals surface area (Å²) in [6.07, 6.45) is 19.9. The second kappa shape index (κ2) is 34.0. The smallest absolute Gasteiger partial charge is 0.0464 e. The maximum Gasteiger partial charge on any atom is 0.0464 e. The highest BCUT2D eigenvalue weighted by molar-refractivity contribution is 6.12. The molecule has 530 valence electrons. The van der Waals surface area contributed by atoms with Gasteiger partial charge < -0.3 is 9.80 Å². The molecule has 0 aliphatic rings. The molecule has 14 aromatic rings. The van der Waals surface area contributed by atoms with Gasteiger partial charge in [0.25, 0.3) is 0 Å². The number of fused-ring (bicyclic) bond motifs is 2. The number of benzene rings is 14. The molecule has 0 spiro atoms. The minimum atomic E-state index is 0.922. The molecule has 0 unspecified atom stereocenters. The molecular weight excluding hydrogens is 1280 g/mol. The molecule has 0 aromatic heterocycles. The van der Waals surface area contributed by atoms with Crippen LogP contribution >= 0.6 is 0 Å². The molecule has 0 saturated carbocycles. The summed E-state index contributed by atoms with van der Waals surface area (Å²) >= 11 is 0. The van der Waals surface area contributed by atoms with Crippen molar-refractivity contribution in [3.63, 3.8) is 0 Å². The molecule has 14 rings (SSSR count). The SMILES string of the molecule is CCCCCCCCc1ccc(-c2ccc(N(c3ccc(-c4ccc(C)cc4)cc3)c3ccc(-c4cc5ccccc5c(-c5c(C)c(-c6ccc(N(c7ccc(-c8ccc(C)cc8)cc7)c7ccc(-c8ccc(CCCCCCCC)cc8)c(CC)c7)cc6)cc6ccccc56)c4C)cc3)cc2CC)cc1. The van der Waals surface area contributed by atoms with Crippen molar-refractivity contribution in [3.8, 4) is 77.9 Å². The molecule has 0 amide bonds. The Balaban J connectivity index is 0.806. The van der Waals surface area contributed by atoms with Crippen LogP contribution in [0.4, 0.5) is 34.1 Å². The van der Waals surface area contributed by atoms with Crippen molar-refractivity contribution in [2.75, 3.05) is 9.80 Å². The molecule has 2 nitrogen and oxygen atoms in total. The third-order valence-electron chi connectivity index (χ3n) is 22.4. The summed E-state index contributed by atoms with van der Waals surface area (Å²) < 4.78 is 0. The van der Waals surface area contributed by atoms with Gasteiger partial charge in [-0.1, -0.05) is 309 Å². The third-order valence-corrected chi connectivity index (χ3v) is 22.4. The van der Waals surface area contributed by atoms with E-state index in [2.05, 4.69) is 356 Å².